The molecule has 0 spiro atoms. The van der Waals surface area contributed by atoms with E-state index in [1.165, 1.54) is 0 Å². The van der Waals surface area contributed by atoms with Crippen LogP contribution in [0.3, 0.4) is 0 Å². The lowest BCUT2D eigenvalue weighted by Gasteiger charge is -2.40. The minimum atomic E-state index is -0.843. The van der Waals surface area contributed by atoms with Crippen molar-refractivity contribution >= 4 is 5.97 Å². The van der Waals surface area contributed by atoms with Crippen molar-refractivity contribution in [2.45, 2.75) is 52.1 Å². The molecule has 1 N–H and O–H groups in total. The van der Waals surface area contributed by atoms with Crippen molar-refractivity contribution in [3.8, 4) is 0 Å². The molecule has 0 aromatic heterocycles. The van der Waals surface area contributed by atoms with Crippen molar-refractivity contribution in [1.82, 2.24) is 0 Å². The molecule has 1 aliphatic carbocycles. The highest BCUT2D eigenvalue weighted by Gasteiger charge is 2.40. The van der Waals surface area contributed by atoms with Gasteiger partial charge in [0.1, 0.15) is 0 Å². The molecule has 0 saturated heterocycles. The zero-order chi connectivity index (χ0) is 11.5. The smallest absolute Gasteiger partial charge is 0.308 e. The number of esters is 1. The fraction of sp³-hybridized carbons (Fsp3) is 0.917. The Morgan fingerprint density at radius 1 is 1.47 bits per heavy atom. The van der Waals surface area contributed by atoms with Crippen LogP contribution in [-0.4, -0.2) is 23.3 Å². The van der Waals surface area contributed by atoms with Crippen molar-refractivity contribution in [3.05, 3.63) is 0 Å². The van der Waals surface area contributed by atoms with Gasteiger partial charge < -0.3 is 9.84 Å². The predicted molar refractivity (Wildman–Crippen MR) is 58.4 cm³/mol. The van der Waals surface area contributed by atoms with Gasteiger partial charge in [-0.15, -0.1) is 0 Å². The van der Waals surface area contributed by atoms with Crippen molar-refractivity contribution in [2.75, 3.05) is 6.61 Å². The van der Waals surface area contributed by atoms with Crippen LogP contribution < -0.4 is 0 Å². The Balaban J connectivity index is 2.58. The SMILES string of the molecule is CCOC(=O)CC1(O)CC(C)CCC1C. The highest BCUT2D eigenvalue weighted by Crippen LogP contribution is 2.39. The molecule has 1 saturated carbocycles. The van der Waals surface area contributed by atoms with E-state index in [2.05, 4.69) is 6.92 Å². The highest BCUT2D eigenvalue weighted by molar-refractivity contribution is 5.70. The summed E-state index contributed by atoms with van der Waals surface area (Å²) >= 11 is 0. The van der Waals surface area contributed by atoms with E-state index in [4.69, 9.17) is 4.74 Å². The van der Waals surface area contributed by atoms with Crippen LogP contribution in [0, 0.1) is 11.8 Å². The van der Waals surface area contributed by atoms with Crippen LogP contribution in [-0.2, 0) is 9.53 Å². The van der Waals surface area contributed by atoms with Gasteiger partial charge in [-0.05, 0) is 31.6 Å². The second-order valence-electron chi connectivity index (χ2n) is 4.87. The molecule has 1 fully saturated rings. The topological polar surface area (TPSA) is 46.5 Å². The minimum absolute atomic E-state index is 0.145. The van der Waals surface area contributed by atoms with Crippen molar-refractivity contribution in [3.63, 3.8) is 0 Å². The Morgan fingerprint density at radius 3 is 2.73 bits per heavy atom. The maximum absolute atomic E-state index is 11.4. The molecule has 0 aliphatic heterocycles. The molecule has 0 aromatic rings. The first-order valence-corrected chi connectivity index (χ1v) is 5.86. The molecule has 0 radical (unpaired) electrons. The van der Waals surface area contributed by atoms with Crippen LogP contribution >= 0.6 is 0 Å². The van der Waals surface area contributed by atoms with Crippen LogP contribution in [0.5, 0.6) is 0 Å². The molecule has 3 heteroatoms. The normalized spacial score (nSPS) is 36.3. The van der Waals surface area contributed by atoms with Crippen LogP contribution in [0.15, 0.2) is 0 Å². The standard InChI is InChI=1S/C12H22O3/c1-4-15-11(13)8-12(14)7-9(2)5-6-10(12)3/h9-10,14H,4-8H2,1-3H3. The van der Waals surface area contributed by atoms with E-state index in [1.807, 2.05) is 6.92 Å². The average Bonchev–Trinajstić information content (AvgIpc) is 2.12. The second-order valence-corrected chi connectivity index (χ2v) is 4.87. The third-order valence-electron chi connectivity index (χ3n) is 3.47. The van der Waals surface area contributed by atoms with Gasteiger partial charge in [0.2, 0.25) is 0 Å². The molecule has 1 aliphatic rings. The highest BCUT2D eigenvalue weighted by atomic mass is 16.5. The average molecular weight is 214 g/mol. The van der Waals surface area contributed by atoms with Gasteiger partial charge in [0, 0.05) is 0 Å². The summed E-state index contributed by atoms with van der Waals surface area (Å²) in [5.41, 5.74) is -0.843. The van der Waals surface area contributed by atoms with E-state index in [0.717, 1.165) is 12.8 Å². The van der Waals surface area contributed by atoms with Gasteiger partial charge in [0.25, 0.3) is 0 Å². The van der Waals surface area contributed by atoms with E-state index in [1.54, 1.807) is 6.92 Å². The first kappa shape index (κ1) is 12.5. The molecule has 0 aromatic carbocycles. The molecule has 3 unspecified atom stereocenters. The number of carbonyl (C=O) groups excluding carboxylic acids is 1. The molecule has 3 atom stereocenters. The molecular formula is C12H22O3. The Bertz CT molecular complexity index is 227. The lowest BCUT2D eigenvalue weighted by atomic mass is 9.70. The monoisotopic (exact) mass is 214 g/mol. The Kier molecular flexibility index (Phi) is 4.14. The molecule has 0 heterocycles. The van der Waals surface area contributed by atoms with E-state index in [9.17, 15) is 9.90 Å². The first-order valence-electron chi connectivity index (χ1n) is 5.86. The number of hydrogen-bond acceptors (Lipinski definition) is 3. The summed E-state index contributed by atoms with van der Waals surface area (Å²) < 4.78 is 4.89. The summed E-state index contributed by atoms with van der Waals surface area (Å²) in [5, 5.41) is 10.4. The lowest BCUT2D eigenvalue weighted by molar-refractivity contribution is -0.154. The molecule has 0 bridgehead atoms. The van der Waals surface area contributed by atoms with Gasteiger partial charge in [-0.1, -0.05) is 20.3 Å². The molecule has 88 valence electrons. The Hall–Kier alpha value is -0.570. The van der Waals surface area contributed by atoms with E-state index in [-0.39, 0.29) is 18.3 Å². The van der Waals surface area contributed by atoms with Gasteiger partial charge >= 0.3 is 5.97 Å². The minimum Gasteiger partial charge on any atom is -0.466 e. The lowest BCUT2D eigenvalue weighted by Crippen LogP contribution is -2.43. The fourth-order valence-corrected chi connectivity index (χ4v) is 2.42. The Labute approximate surface area is 91.8 Å². The van der Waals surface area contributed by atoms with Crippen LogP contribution in [0.25, 0.3) is 0 Å². The van der Waals surface area contributed by atoms with Crippen molar-refractivity contribution in [1.29, 1.82) is 0 Å². The number of hydrogen-bond donors (Lipinski definition) is 1. The summed E-state index contributed by atoms with van der Waals surface area (Å²) in [6, 6.07) is 0. The zero-order valence-corrected chi connectivity index (χ0v) is 9.95. The molecule has 0 amide bonds. The van der Waals surface area contributed by atoms with E-state index in [0.29, 0.717) is 18.9 Å². The fourth-order valence-electron chi connectivity index (χ4n) is 2.42. The summed E-state index contributed by atoms with van der Waals surface area (Å²) in [6.45, 7) is 6.32. The van der Waals surface area contributed by atoms with Gasteiger partial charge in [-0.2, -0.15) is 0 Å². The summed E-state index contributed by atoms with van der Waals surface area (Å²) in [5.74, 6) is 0.416. The molecule has 1 rings (SSSR count). The summed E-state index contributed by atoms with van der Waals surface area (Å²) in [7, 11) is 0. The molecule has 3 nitrogen and oxygen atoms in total. The van der Waals surface area contributed by atoms with Gasteiger partial charge in [-0.25, -0.2) is 0 Å². The predicted octanol–water partition coefficient (Wildman–Crippen LogP) is 2.13. The third kappa shape index (κ3) is 3.20. The maximum Gasteiger partial charge on any atom is 0.308 e. The van der Waals surface area contributed by atoms with Crippen LogP contribution in [0.1, 0.15) is 46.5 Å². The maximum atomic E-state index is 11.4. The summed E-state index contributed by atoms with van der Waals surface area (Å²) in [4.78, 5) is 11.4. The van der Waals surface area contributed by atoms with E-state index >= 15 is 0 Å². The van der Waals surface area contributed by atoms with Crippen molar-refractivity contribution in [2.24, 2.45) is 11.8 Å². The Morgan fingerprint density at radius 2 is 2.13 bits per heavy atom. The second kappa shape index (κ2) is 4.97. The zero-order valence-electron chi connectivity index (χ0n) is 9.95. The van der Waals surface area contributed by atoms with Gasteiger partial charge in [-0.3, -0.25) is 4.79 Å². The van der Waals surface area contributed by atoms with E-state index < -0.39 is 5.60 Å². The van der Waals surface area contributed by atoms with Crippen molar-refractivity contribution < 1.29 is 14.6 Å². The third-order valence-corrected chi connectivity index (χ3v) is 3.47. The first-order chi connectivity index (χ1) is 6.98. The number of rotatable bonds is 3. The van der Waals surface area contributed by atoms with Crippen LogP contribution in [0.4, 0.5) is 0 Å². The number of aliphatic hydroxyl groups is 1. The molecule has 15 heavy (non-hydrogen) atoms. The largest absolute Gasteiger partial charge is 0.466 e. The number of ether oxygens (including phenoxy) is 1. The van der Waals surface area contributed by atoms with Gasteiger partial charge in [0.15, 0.2) is 0 Å². The number of carbonyl (C=O) groups is 1. The van der Waals surface area contributed by atoms with Gasteiger partial charge in [0.05, 0.1) is 18.6 Å². The quantitative estimate of drug-likeness (QED) is 0.732. The van der Waals surface area contributed by atoms with Crippen LogP contribution in [0.2, 0.25) is 0 Å². The molecular weight excluding hydrogens is 192 g/mol. The summed E-state index contributed by atoms with van der Waals surface area (Å²) in [6.07, 6.45) is 3.00.